The molecule has 0 aliphatic carbocycles. The Kier molecular flexibility index (Phi) is 5.29. The fourth-order valence-corrected chi connectivity index (χ4v) is 5.15. The molecule has 2 aromatic rings. The summed E-state index contributed by atoms with van der Waals surface area (Å²) >= 11 is 6.52. The van der Waals surface area contributed by atoms with Crippen LogP contribution < -0.4 is 10.5 Å². The first-order valence-corrected chi connectivity index (χ1v) is 10.9. The van der Waals surface area contributed by atoms with Gasteiger partial charge in [0, 0.05) is 32.1 Å². The lowest BCUT2D eigenvalue weighted by atomic mass is 10.0. The third kappa shape index (κ3) is 3.16. The van der Waals surface area contributed by atoms with Crippen molar-refractivity contribution in [2.75, 3.05) is 25.0 Å². The zero-order chi connectivity index (χ0) is 19.8. The molecule has 1 amide bonds. The Morgan fingerprint density at radius 1 is 1.14 bits per heavy atom. The van der Waals surface area contributed by atoms with Gasteiger partial charge in [-0.05, 0) is 38.3 Å². The molecule has 0 N–H and O–H groups in total. The number of aromatic nitrogens is 1. The molecular weight excluding hydrogens is 390 g/mol. The highest BCUT2D eigenvalue weighted by molar-refractivity contribution is 8.26. The minimum Gasteiger partial charge on any atom is -0.370 e. The van der Waals surface area contributed by atoms with E-state index in [1.54, 1.807) is 17.7 Å². The number of hydrogen-bond acceptors (Lipinski definition) is 5. The standard InChI is InChI=1S/C21H23N3O2S2/c1-3-24-16-10-6-5-9-14(16)18(23-11-7-4-8-12-23)15(19(24)25)13-17-20(26)22(2)21(27)28-17/h5-6,9-10,13H,3-4,7-8,11-12H2,1-2H3. The highest BCUT2D eigenvalue weighted by Gasteiger charge is 2.30. The molecule has 0 spiro atoms. The monoisotopic (exact) mass is 413 g/mol. The number of rotatable bonds is 3. The predicted molar refractivity (Wildman–Crippen MR) is 121 cm³/mol. The van der Waals surface area contributed by atoms with Gasteiger partial charge in [0.2, 0.25) is 0 Å². The molecule has 146 valence electrons. The molecule has 2 aliphatic rings. The van der Waals surface area contributed by atoms with Crippen LogP contribution in [-0.2, 0) is 11.3 Å². The van der Waals surface area contributed by atoms with Crippen molar-refractivity contribution in [3.05, 3.63) is 45.1 Å². The van der Waals surface area contributed by atoms with Crippen LogP contribution in [0.4, 0.5) is 5.69 Å². The third-order valence-electron chi connectivity index (χ3n) is 5.43. The quantitative estimate of drug-likeness (QED) is 0.565. The van der Waals surface area contributed by atoms with Gasteiger partial charge in [-0.1, -0.05) is 42.2 Å². The molecule has 28 heavy (non-hydrogen) atoms. The van der Waals surface area contributed by atoms with Crippen LogP contribution in [-0.4, -0.2) is 39.8 Å². The van der Waals surface area contributed by atoms with Crippen molar-refractivity contribution in [2.45, 2.75) is 32.7 Å². The molecule has 7 heteroatoms. The predicted octanol–water partition coefficient (Wildman–Crippen LogP) is 3.84. The first-order chi connectivity index (χ1) is 13.5. The number of amides is 1. The topological polar surface area (TPSA) is 45.6 Å². The van der Waals surface area contributed by atoms with E-state index in [-0.39, 0.29) is 11.5 Å². The van der Waals surface area contributed by atoms with Crippen molar-refractivity contribution in [3.63, 3.8) is 0 Å². The number of thioether (sulfide) groups is 1. The summed E-state index contributed by atoms with van der Waals surface area (Å²) in [6, 6.07) is 8.06. The van der Waals surface area contributed by atoms with E-state index < -0.39 is 0 Å². The highest BCUT2D eigenvalue weighted by Crippen LogP contribution is 2.36. The summed E-state index contributed by atoms with van der Waals surface area (Å²) in [6.45, 7) is 4.41. The van der Waals surface area contributed by atoms with Crippen molar-refractivity contribution < 1.29 is 4.79 Å². The molecule has 0 atom stereocenters. The number of carbonyl (C=O) groups excluding carboxylic acids is 1. The number of aryl methyl sites for hydroxylation is 1. The molecule has 1 aromatic carbocycles. The second-order valence-corrected chi connectivity index (χ2v) is 8.79. The molecule has 1 aromatic heterocycles. The molecule has 0 radical (unpaired) electrons. The van der Waals surface area contributed by atoms with Crippen LogP contribution in [0.3, 0.4) is 0 Å². The Balaban J connectivity index is 2.01. The fourth-order valence-electron chi connectivity index (χ4n) is 3.99. The van der Waals surface area contributed by atoms with E-state index in [9.17, 15) is 9.59 Å². The number of thiocarbonyl (C=S) groups is 1. The minimum atomic E-state index is -0.143. The van der Waals surface area contributed by atoms with Crippen LogP contribution in [0.25, 0.3) is 17.0 Å². The lowest BCUT2D eigenvalue weighted by molar-refractivity contribution is -0.121. The van der Waals surface area contributed by atoms with Gasteiger partial charge in [-0.25, -0.2) is 0 Å². The Labute approximate surface area is 174 Å². The molecule has 2 aliphatic heterocycles. The highest BCUT2D eigenvalue weighted by atomic mass is 32.2. The molecule has 5 nitrogen and oxygen atoms in total. The normalized spacial score (nSPS) is 19.3. The molecule has 0 bridgehead atoms. The summed E-state index contributed by atoms with van der Waals surface area (Å²) in [4.78, 5) is 30.3. The minimum absolute atomic E-state index is 0.0526. The number of carbonyl (C=O) groups is 1. The maximum Gasteiger partial charge on any atom is 0.265 e. The second-order valence-electron chi connectivity index (χ2n) is 7.12. The average Bonchev–Trinajstić information content (AvgIpc) is 2.96. The van der Waals surface area contributed by atoms with E-state index in [1.165, 1.54) is 23.1 Å². The van der Waals surface area contributed by atoms with Crippen molar-refractivity contribution in [3.8, 4) is 0 Å². The van der Waals surface area contributed by atoms with Crippen LogP contribution in [0.15, 0.2) is 34.0 Å². The van der Waals surface area contributed by atoms with Gasteiger partial charge in [-0.15, -0.1) is 0 Å². The summed E-state index contributed by atoms with van der Waals surface area (Å²) in [7, 11) is 1.68. The van der Waals surface area contributed by atoms with Gasteiger partial charge in [0.25, 0.3) is 11.5 Å². The van der Waals surface area contributed by atoms with Crippen LogP contribution in [0.5, 0.6) is 0 Å². The number of pyridine rings is 1. The van der Waals surface area contributed by atoms with E-state index in [0.717, 1.165) is 42.5 Å². The Hall–Kier alpha value is -2.12. The van der Waals surface area contributed by atoms with Gasteiger partial charge < -0.3 is 9.47 Å². The number of likely N-dealkylation sites (N-methyl/N-ethyl adjacent to an activating group) is 1. The van der Waals surface area contributed by atoms with Gasteiger partial charge in [0.15, 0.2) is 0 Å². The van der Waals surface area contributed by atoms with Gasteiger partial charge in [-0.2, -0.15) is 0 Å². The lowest BCUT2D eigenvalue weighted by Gasteiger charge is -2.31. The Bertz CT molecular complexity index is 1050. The number of hydrogen-bond donors (Lipinski definition) is 0. The molecule has 0 unspecified atom stereocenters. The van der Waals surface area contributed by atoms with Crippen molar-refractivity contribution in [1.82, 2.24) is 9.47 Å². The molecule has 3 heterocycles. The smallest absolute Gasteiger partial charge is 0.265 e. The van der Waals surface area contributed by atoms with Gasteiger partial charge in [-0.3, -0.25) is 14.5 Å². The average molecular weight is 414 g/mol. The Morgan fingerprint density at radius 3 is 2.50 bits per heavy atom. The Morgan fingerprint density at radius 2 is 1.86 bits per heavy atom. The van der Waals surface area contributed by atoms with Crippen LogP contribution >= 0.6 is 24.0 Å². The number of para-hydroxylation sites is 1. The summed E-state index contributed by atoms with van der Waals surface area (Å²) < 4.78 is 2.31. The summed E-state index contributed by atoms with van der Waals surface area (Å²) in [6.07, 6.45) is 5.20. The molecule has 2 saturated heterocycles. The molecule has 2 fully saturated rings. The third-order valence-corrected chi connectivity index (χ3v) is 6.92. The fraction of sp³-hybridized carbons (Fsp3) is 0.381. The molecular formula is C21H23N3O2S2. The van der Waals surface area contributed by atoms with E-state index in [1.807, 2.05) is 25.1 Å². The van der Waals surface area contributed by atoms with Gasteiger partial charge in [0.05, 0.1) is 21.7 Å². The van der Waals surface area contributed by atoms with Crippen LogP contribution in [0, 0.1) is 0 Å². The van der Waals surface area contributed by atoms with E-state index >= 15 is 0 Å². The van der Waals surface area contributed by atoms with Gasteiger partial charge in [0.1, 0.15) is 4.32 Å². The second kappa shape index (κ2) is 7.72. The van der Waals surface area contributed by atoms with E-state index in [4.69, 9.17) is 12.2 Å². The summed E-state index contributed by atoms with van der Waals surface area (Å²) in [5.74, 6) is -0.143. The van der Waals surface area contributed by atoms with Crippen LogP contribution in [0.2, 0.25) is 0 Å². The maximum atomic E-state index is 13.5. The zero-order valence-electron chi connectivity index (χ0n) is 16.1. The van der Waals surface area contributed by atoms with E-state index in [0.29, 0.717) is 21.3 Å². The van der Waals surface area contributed by atoms with Crippen LogP contribution in [0.1, 0.15) is 31.7 Å². The maximum absolute atomic E-state index is 13.5. The van der Waals surface area contributed by atoms with Gasteiger partial charge >= 0.3 is 0 Å². The first-order valence-electron chi connectivity index (χ1n) is 9.65. The number of anilines is 1. The number of nitrogens with zero attached hydrogens (tertiary/aromatic N) is 3. The van der Waals surface area contributed by atoms with E-state index in [2.05, 4.69) is 11.0 Å². The summed E-state index contributed by atoms with van der Waals surface area (Å²) in [5.41, 5.74) is 2.43. The summed E-state index contributed by atoms with van der Waals surface area (Å²) in [5, 5.41) is 1.06. The molecule has 0 saturated carbocycles. The van der Waals surface area contributed by atoms with Crippen molar-refractivity contribution in [1.29, 1.82) is 0 Å². The largest absolute Gasteiger partial charge is 0.370 e. The lowest BCUT2D eigenvalue weighted by Crippen LogP contribution is -2.33. The zero-order valence-corrected chi connectivity index (χ0v) is 17.7. The number of fused-ring (bicyclic) bond motifs is 1. The molecule has 4 rings (SSSR count). The van der Waals surface area contributed by atoms with Crippen molar-refractivity contribution in [2.24, 2.45) is 0 Å². The number of piperidine rings is 1. The SMILES string of the molecule is CCn1c(=O)c(C=C2SC(=S)N(C)C2=O)c(N2CCCCC2)c2ccccc21. The first kappa shape index (κ1) is 19.2. The van der Waals surface area contributed by atoms with Crippen molar-refractivity contribution >= 4 is 56.9 Å². The number of benzene rings is 1.